The van der Waals surface area contributed by atoms with Crippen molar-refractivity contribution in [3.8, 4) is 0 Å². The van der Waals surface area contributed by atoms with Crippen molar-refractivity contribution in [2.45, 2.75) is 39.8 Å². The molecule has 3 aromatic rings. The summed E-state index contributed by atoms with van der Waals surface area (Å²) in [6.45, 7) is 6.15. The predicted molar refractivity (Wildman–Crippen MR) is 89.0 cm³/mol. The van der Waals surface area contributed by atoms with Crippen LogP contribution in [0.15, 0.2) is 30.5 Å². The van der Waals surface area contributed by atoms with Crippen LogP contribution >= 0.6 is 0 Å². The first-order valence-electron chi connectivity index (χ1n) is 7.81. The van der Waals surface area contributed by atoms with Gasteiger partial charge in [0.2, 0.25) is 5.91 Å². The molecule has 0 aliphatic rings. The first-order chi connectivity index (χ1) is 11.1. The van der Waals surface area contributed by atoms with Crippen molar-refractivity contribution in [1.82, 2.24) is 24.8 Å². The highest BCUT2D eigenvalue weighted by atomic mass is 16.2. The van der Waals surface area contributed by atoms with Gasteiger partial charge < -0.3 is 14.9 Å². The van der Waals surface area contributed by atoms with Gasteiger partial charge in [0.1, 0.15) is 18.2 Å². The lowest BCUT2D eigenvalue weighted by Crippen LogP contribution is -2.32. The van der Waals surface area contributed by atoms with Crippen molar-refractivity contribution in [2.75, 3.05) is 0 Å². The summed E-state index contributed by atoms with van der Waals surface area (Å²) in [7, 11) is 0. The number of aromatic amines is 1. The number of aromatic nitrogens is 4. The molecule has 2 aromatic heterocycles. The van der Waals surface area contributed by atoms with Crippen molar-refractivity contribution < 1.29 is 4.79 Å². The summed E-state index contributed by atoms with van der Waals surface area (Å²) in [6.07, 6.45) is 2.56. The molecule has 0 radical (unpaired) electrons. The third kappa shape index (κ3) is 3.11. The number of nitrogens with one attached hydrogen (secondary N) is 2. The van der Waals surface area contributed by atoms with Gasteiger partial charge in [0.15, 0.2) is 0 Å². The highest BCUT2D eigenvalue weighted by Gasteiger charge is 2.17. The molecular formula is C17H21N5O. The standard InChI is InChI=1S/C17H21N5O/c1-4-13(17-18-9-11(2)19-17)21-16(23)10-22-12(3)20-14-7-5-6-8-15(14)22/h5-9,13H,4,10H2,1-3H3,(H,18,19)(H,21,23). The Balaban J connectivity index is 1.77. The smallest absolute Gasteiger partial charge is 0.240 e. The monoisotopic (exact) mass is 311 g/mol. The number of benzene rings is 1. The zero-order valence-electron chi connectivity index (χ0n) is 13.6. The van der Waals surface area contributed by atoms with Crippen LogP contribution < -0.4 is 5.32 Å². The number of carbonyl (C=O) groups is 1. The Morgan fingerprint density at radius 3 is 2.83 bits per heavy atom. The van der Waals surface area contributed by atoms with Gasteiger partial charge in [-0.25, -0.2) is 9.97 Å². The fraction of sp³-hybridized carbons (Fsp3) is 0.353. The van der Waals surface area contributed by atoms with Crippen molar-refractivity contribution in [3.05, 3.63) is 47.8 Å². The van der Waals surface area contributed by atoms with E-state index < -0.39 is 0 Å². The zero-order chi connectivity index (χ0) is 16.4. The van der Waals surface area contributed by atoms with Gasteiger partial charge in [0.25, 0.3) is 0 Å². The van der Waals surface area contributed by atoms with Crippen LogP contribution in [0.5, 0.6) is 0 Å². The number of amides is 1. The van der Waals surface area contributed by atoms with Crippen LogP contribution in [0.25, 0.3) is 11.0 Å². The van der Waals surface area contributed by atoms with Crippen molar-refractivity contribution in [3.63, 3.8) is 0 Å². The number of nitrogens with zero attached hydrogens (tertiary/aromatic N) is 3. The summed E-state index contributed by atoms with van der Waals surface area (Å²) in [4.78, 5) is 24.4. The molecule has 0 saturated heterocycles. The van der Waals surface area contributed by atoms with E-state index in [1.807, 2.05) is 49.6 Å². The molecule has 0 spiro atoms. The third-order valence-corrected chi connectivity index (χ3v) is 3.94. The summed E-state index contributed by atoms with van der Waals surface area (Å²) >= 11 is 0. The molecule has 1 amide bonds. The van der Waals surface area contributed by atoms with Crippen molar-refractivity contribution in [1.29, 1.82) is 0 Å². The summed E-state index contributed by atoms with van der Waals surface area (Å²) in [5, 5.41) is 3.05. The second-order valence-electron chi connectivity index (χ2n) is 5.71. The molecule has 2 heterocycles. The van der Waals surface area contributed by atoms with Crippen LogP contribution in [0.4, 0.5) is 0 Å². The highest BCUT2D eigenvalue weighted by Crippen LogP contribution is 2.16. The van der Waals surface area contributed by atoms with E-state index in [1.165, 1.54) is 0 Å². The fourth-order valence-corrected chi connectivity index (χ4v) is 2.75. The number of carbonyl (C=O) groups excluding carboxylic acids is 1. The third-order valence-electron chi connectivity index (χ3n) is 3.94. The Kier molecular flexibility index (Phi) is 4.14. The number of hydrogen-bond acceptors (Lipinski definition) is 3. The minimum Gasteiger partial charge on any atom is -0.345 e. The zero-order valence-corrected chi connectivity index (χ0v) is 13.6. The lowest BCUT2D eigenvalue weighted by molar-refractivity contribution is -0.122. The average Bonchev–Trinajstić information content (AvgIpc) is 3.09. The molecule has 6 nitrogen and oxygen atoms in total. The highest BCUT2D eigenvalue weighted by molar-refractivity contribution is 5.81. The van der Waals surface area contributed by atoms with Crippen LogP contribution in [0, 0.1) is 13.8 Å². The number of fused-ring (bicyclic) bond motifs is 1. The van der Waals surface area contributed by atoms with Crippen LogP contribution in [0.3, 0.4) is 0 Å². The van der Waals surface area contributed by atoms with Gasteiger partial charge in [-0.3, -0.25) is 4.79 Å². The summed E-state index contributed by atoms with van der Waals surface area (Å²) in [5.41, 5.74) is 2.87. The molecule has 0 aliphatic carbocycles. The summed E-state index contributed by atoms with van der Waals surface area (Å²) in [6, 6.07) is 7.74. The van der Waals surface area contributed by atoms with Gasteiger partial charge in [-0.05, 0) is 32.4 Å². The Labute approximate surface area is 135 Å². The van der Waals surface area contributed by atoms with Gasteiger partial charge >= 0.3 is 0 Å². The Hall–Kier alpha value is -2.63. The van der Waals surface area contributed by atoms with Gasteiger partial charge in [0.05, 0.1) is 17.1 Å². The Bertz CT molecular complexity index is 832. The maximum absolute atomic E-state index is 12.5. The van der Waals surface area contributed by atoms with Gasteiger partial charge in [-0.15, -0.1) is 0 Å². The maximum Gasteiger partial charge on any atom is 0.240 e. The van der Waals surface area contributed by atoms with E-state index in [9.17, 15) is 4.79 Å². The second-order valence-corrected chi connectivity index (χ2v) is 5.71. The number of aryl methyl sites for hydroxylation is 2. The molecule has 2 N–H and O–H groups in total. The second kappa shape index (κ2) is 6.24. The lowest BCUT2D eigenvalue weighted by Gasteiger charge is -2.15. The number of imidazole rings is 2. The normalized spacial score (nSPS) is 12.5. The first kappa shape index (κ1) is 15.3. The molecule has 1 aromatic carbocycles. The van der Waals surface area contributed by atoms with E-state index in [1.54, 1.807) is 6.20 Å². The maximum atomic E-state index is 12.5. The number of hydrogen-bond donors (Lipinski definition) is 2. The first-order valence-corrected chi connectivity index (χ1v) is 7.81. The van der Waals surface area contributed by atoms with Crippen LogP contribution in [0.1, 0.15) is 36.7 Å². The largest absolute Gasteiger partial charge is 0.345 e. The van der Waals surface area contributed by atoms with E-state index in [-0.39, 0.29) is 18.5 Å². The molecule has 120 valence electrons. The quantitative estimate of drug-likeness (QED) is 0.760. The number of H-pyrrole nitrogens is 1. The SMILES string of the molecule is CCC(NC(=O)Cn1c(C)nc2ccccc21)c1ncc(C)[nH]1. The Morgan fingerprint density at radius 1 is 1.35 bits per heavy atom. The van der Waals surface area contributed by atoms with Gasteiger partial charge in [-0.2, -0.15) is 0 Å². The summed E-state index contributed by atoms with van der Waals surface area (Å²) < 4.78 is 1.94. The molecule has 1 unspecified atom stereocenters. The lowest BCUT2D eigenvalue weighted by atomic mass is 10.2. The van der Waals surface area contributed by atoms with Gasteiger partial charge in [-0.1, -0.05) is 19.1 Å². The topological polar surface area (TPSA) is 75.6 Å². The van der Waals surface area contributed by atoms with E-state index >= 15 is 0 Å². The van der Waals surface area contributed by atoms with Crippen LogP contribution in [-0.4, -0.2) is 25.4 Å². The van der Waals surface area contributed by atoms with Crippen molar-refractivity contribution >= 4 is 16.9 Å². The summed E-state index contributed by atoms with van der Waals surface area (Å²) in [5.74, 6) is 1.59. The molecule has 0 saturated carbocycles. The predicted octanol–water partition coefficient (Wildman–Crippen LogP) is 2.64. The average molecular weight is 311 g/mol. The molecule has 0 aliphatic heterocycles. The number of para-hydroxylation sites is 2. The number of rotatable bonds is 5. The molecular weight excluding hydrogens is 290 g/mol. The fourth-order valence-electron chi connectivity index (χ4n) is 2.75. The van der Waals surface area contributed by atoms with E-state index in [0.29, 0.717) is 0 Å². The van der Waals surface area contributed by atoms with E-state index in [0.717, 1.165) is 34.8 Å². The molecule has 3 rings (SSSR count). The molecule has 0 fully saturated rings. The van der Waals surface area contributed by atoms with Crippen LogP contribution in [-0.2, 0) is 11.3 Å². The molecule has 0 bridgehead atoms. The van der Waals surface area contributed by atoms with Crippen molar-refractivity contribution in [2.24, 2.45) is 0 Å². The molecule has 1 atom stereocenters. The molecule has 23 heavy (non-hydrogen) atoms. The van der Waals surface area contributed by atoms with E-state index in [2.05, 4.69) is 20.3 Å². The molecule has 6 heteroatoms. The minimum absolute atomic E-state index is 0.0443. The minimum atomic E-state index is -0.105. The Morgan fingerprint density at radius 2 is 2.13 bits per heavy atom. The van der Waals surface area contributed by atoms with Gasteiger partial charge in [0, 0.05) is 11.9 Å². The van der Waals surface area contributed by atoms with E-state index in [4.69, 9.17) is 0 Å². The van der Waals surface area contributed by atoms with Crippen LogP contribution in [0.2, 0.25) is 0 Å².